The molecule has 1 fully saturated rings. The maximum absolute atomic E-state index is 14.0. The van der Waals surface area contributed by atoms with Crippen molar-refractivity contribution in [1.82, 2.24) is 14.8 Å². The SMILES string of the molecule is COc1ccc(C(=O)CSc2nnc(N3CCCC3)n2-c2ccc(C)cc2)cc1F. The van der Waals surface area contributed by atoms with Gasteiger partial charge in [-0.2, -0.15) is 0 Å². The molecule has 1 aliphatic rings. The molecule has 0 spiro atoms. The van der Waals surface area contributed by atoms with Crippen LogP contribution in [0.4, 0.5) is 10.3 Å². The summed E-state index contributed by atoms with van der Waals surface area (Å²) in [6.07, 6.45) is 2.26. The van der Waals surface area contributed by atoms with Gasteiger partial charge in [0.2, 0.25) is 5.95 Å². The van der Waals surface area contributed by atoms with Crippen LogP contribution in [0, 0.1) is 12.7 Å². The summed E-state index contributed by atoms with van der Waals surface area (Å²) in [5.74, 6) is 0.320. The van der Waals surface area contributed by atoms with E-state index in [0.29, 0.717) is 10.7 Å². The number of ketones is 1. The molecule has 0 amide bonds. The lowest BCUT2D eigenvalue weighted by Gasteiger charge is -2.18. The molecule has 156 valence electrons. The molecule has 0 aliphatic carbocycles. The average Bonchev–Trinajstić information content (AvgIpc) is 3.42. The highest BCUT2D eigenvalue weighted by Crippen LogP contribution is 2.29. The smallest absolute Gasteiger partial charge is 0.232 e. The van der Waals surface area contributed by atoms with E-state index in [2.05, 4.69) is 15.1 Å². The quantitative estimate of drug-likeness (QED) is 0.415. The molecule has 0 atom stereocenters. The molecule has 8 heteroatoms. The Morgan fingerprint density at radius 1 is 1.13 bits per heavy atom. The molecule has 3 aromatic rings. The number of nitrogens with zero attached hydrogens (tertiary/aromatic N) is 4. The van der Waals surface area contributed by atoms with Crippen LogP contribution in [0.1, 0.15) is 28.8 Å². The zero-order valence-electron chi connectivity index (χ0n) is 17.0. The molecule has 1 aliphatic heterocycles. The minimum absolute atomic E-state index is 0.119. The van der Waals surface area contributed by atoms with Gasteiger partial charge in [0.1, 0.15) is 0 Å². The number of carbonyl (C=O) groups excluding carboxylic acids is 1. The van der Waals surface area contributed by atoms with Gasteiger partial charge in [-0.1, -0.05) is 29.5 Å². The van der Waals surface area contributed by atoms with E-state index >= 15 is 0 Å². The molecule has 2 aromatic carbocycles. The minimum Gasteiger partial charge on any atom is -0.494 e. The highest BCUT2D eigenvalue weighted by atomic mass is 32.2. The molecule has 4 rings (SSSR count). The Balaban J connectivity index is 1.58. The molecule has 6 nitrogen and oxygen atoms in total. The summed E-state index contributed by atoms with van der Waals surface area (Å²) < 4.78 is 20.9. The summed E-state index contributed by atoms with van der Waals surface area (Å²) in [6, 6.07) is 12.4. The number of methoxy groups -OCH3 is 1. The second kappa shape index (κ2) is 8.87. The first-order valence-corrected chi connectivity index (χ1v) is 10.8. The van der Waals surface area contributed by atoms with E-state index in [1.807, 2.05) is 35.8 Å². The Morgan fingerprint density at radius 3 is 2.53 bits per heavy atom. The van der Waals surface area contributed by atoms with Crippen LogP contribution in [0.3, 0.4) is 0 Å². The van der Waals surface area contributed by atoms with E-state index in [4.69, 9.17) is 4.74 Å². The van der Waals surface area contributed by atoms with Gasteiger partial charge in [-0.05, 0) is 50.1 Å². The lowest BCUT2D eigenvalue weighted by Crippen LogP contribution is -2.22. The molecule has 2 heterocycles. The van der Waals surface area contributed by atoms with Crippen molar-refractivity contribution in [2.24, 2.45) is 0 Å². The van der Waals surface area contributed by atoms with Crippen LogP contribution < -0.4 is 9.64 Å². The van der Waals surface area contributed by atoms with Gasteiger partial charge in [0.05, 0.1) is 18.6 Å². The van der Waals surface area contributed by atoms with Gasteiger partial charge in [0.25, 0.3) is 0 Å². The fourth-order valence-corrected chi connectivity index (χ4v) is 4.29. The zero-order valence-corrected chi connectivity index (χ0v) is 17.8. The molecule has 0 N–H and O–H groups in total. The number of ether oxygens (including phenoxy) is 1. The predicted molar refractivity (Wildman–Crippen MR) is 116 cm³/mol. The Kier molecular flexibility index (Phi) is 6.03. The summed E-state index contributed by atoms with van der Waals surface area (Å²) in [5, 5.41) is 9.41. The average molecular weight is 427 g/mol. The molecule has 0 radical (unpaired) electrons. The first-order chi connectivity index (χ1) is 14.6. The van der Waals surface area contributed by atoms with Crippen LogP contribution in [0.25, 0.3) is 5.69 Å². The number of hydrogen-bond acceptors (Lipinski definition) is 6. The summed E-state index contributed by atoms with van der Waals surface area (Å²) >= 11 is 1.30. The van der Waals surface area contributed by atoms with E-state index in [1.165, 1.54) is 36.6 Å². The van der Waals surface area contributed by atoms with Crippen LogP contribution in [-0.4, -0.2) is 46.5 Å². The molecule has 0 saturated carbocycles. The molecule has 1 saturated heterocycles. The third kappa shape index (κ3) is 4.18. The largest absolute Gasteiger partial charge is 0.494 e. The summed E-state index contributed by atoms with van der Waals surface area (Å²) in [5.41, 5.74) is 2.43. The topological polar surface area (TPSA) is 60.2 Å². The number of aromatic nitrogens is 3. The van der Waals surface area contributed by atoms with Crippen molar-refractivity contribution in [3.63, 3.8) is 0 Å². The normalized spacial score (nSPS) is 13.6. The molecule has 0 unspecified atom stereocenters. The Bertz CT molecular complexity index is 1050. The maximum Gasteiger partial charge on any atom is 0.232 e. The first-order valence-electron chi connectivity index (χ1n) is 9.84. The summed E-state index contributed by atoms with van der Waals surface area (Å²) in [4.78, 5) is 14.8. The van der Waals surface area contributed by atoms with Gasteiger partial charge in [-0.15, -0.1) is 10.2 Å². The third-order valence-corrected chi connectivity index (χ3v) is 6.03. The number of anilines is 1. The number of thioether (sulfide) groups is 1. The van der Waals surface area contributed by atoms with Gasteiger partial charge in [-0.3, -0.25) is 9.36 Å². The van der Waals surface area contributed by atoms with Crippen LogP contribution >= 0.6 is 11.8 Å². The van der Waals surface area contributed by atoms with E-state index < -0.39 is 5.82 Å². The number of halogens is 1. The van der Waals surface area contributed by atoms with Crippen LogP contribution in [0.15, 0.2) is 47.6 Å². The van der Waals surface area contributed by atoms with Gasteiger partial charge >= 0.3 is 0 Å². The fraction of sp³-hybridized carbons (Fsp3) is 0.318. The maximum atomic E-state index is 14.0. The second-order valence-electron chi connectivity index (χ2n) is 7.21. The number of Topliss-reactive ketones (excluding diaryl/α,β-unsaturated/α-hetero) is 1. The number of benzene rings is 2. The summed E-state index contributed by atoms with van der Waals surface area (Å²) in [7, 11) is 1.39. The van der Waals surface area contributed by atoms with Crippen molar-refractivity contribution in [2.45, 2.75) is 24.9 Å². The van der Waals surface area contributed by atoms with E-state index in [9.17, 15) is 9.18 Å². The van der Waals surface area contributed by atoms with Crippen molar-refractivity contribution in [3.8, 4) is 11.4 Å². The van der Waals surface area contributed by atoms with E-state index in [0.717, 1.165) is 37.6 Å². The fourth-order valence-electron chi connectivity index (χ4n) is 3.45. The van der Waals surface area contributed by atoms with Crippen molar-refractivity contribution >= 4 is 23.5 Å². The number of aryl methyl sites for hydroxylation is 1. The molecular weight excluding hydrogens is 403 g/mol. The standard InChI is InChI=1S/C22H23FN4O2S/c1-15-5-8-17(9-6-15)27-21(26-11-3-4-12-26)24-25-22(27)30-14-19(28)16-7-10-20(29-2)18(23)13-16/h5-10,13H,3-4,11-12,14H2,1-2H3. The van der Waals surface area contributed by atoms with Crippen molar-refractivity contribution in [2.75, 3.05) is 30.9 Å². The van der Waals surface area contributed by atoms with Crippen molar-refractivity contribution in [1.29, 1.82) is 0 Å². The molecule has 1 aromatic heterocycles. The number of carbonyl (C=O) groups is 1. The number of hydrogen-bond donors (Lipinski definition) is 0. The lowest BCUT2D eigenvalue weighted by atomic mass is 10.1. The first kappa shape index (κ1) is 20.4. The van der Waals surface area contributed by atoms with Crippen LogP contribution in [0.2, 0.25) is 0 Å². The van der Waals surface area contributed by atoms with Crippen molar-refractivity contribution in [3.05, 3.63) is 59.4 Å². The van der Waals surface area contributed by atoms with Gasteiger partial charge in [0.15, 0.2) is 22.5 Å². The second-order valence-corrected chi connectivity index (χ2v) is 8.15. The van der Waals surface area contributed by atoms with Gasteiger partial charge in [-0.25, -0.2) is 4.39 Å². The van der Waals surface area contributed by atoms with E-state index in [-0.39, 0.29) is 17.3 Å². The van der Waals surface area contributed by atoms with Gasteiger partial charge < -0.3 is 9.64 Å². The van der Waals surface area contributed by atoms with Crippen LogP contribution in [-0.2, 0) is 0 Å². The molecule has 30 heavy (non-hydrogen) atoms. The highest BCUT2D eigenvalue weighted by molar-refractivity contribution is 7.99. The Labute approximate surface area is 179 Å². The predicted octanol–water partition coefficient (Wildman–Crippen LogP) is 4.30. The van der Waals surface area contributed by atoms with Crippen molar-refractivity contribution < 1.29 is 13.9 Å². The van der Waals surface area contributed by atoms with Crippen LogP contribution in [0.5, 0.6) is 5.75 Å². The molecular formula is C22H23FN4O2S. The third-order valence-electron chi connectivity index (χ3n) is 5.10. The Hall–Kier alpha value is -2.87. The lowest BCUT2D eigenvalue weighted by molar-refractivity contribution is 0.102. The number of rotatable bonds is 7. The minimum atomic E-state index is -0.549. The van der Waals surface area contributed by atoms with E-state index in [1.54, 1.807) is 6.07 Å². The Morgan fingerprint density at radius 2 is 1.87 bits per heavy atom. The monoisotopic (exact) mass is 426 g/mol. The molecule has 0 bridgehead atoms. The van der Waals surface area contributed by atoms with Gasteiger partial charge in [0, 0.05) is 18.7 Å². The zero-order chi connectivity index (χ0) is 21.1. The highest BCUT2D eigenvalue weighted by Gasteiger charge is 2.23. The summed E-state index contributed by atoms with van der Waals surface area (Å²) in [6.45, 7) is 3.93.